The summed E-state index contributed by atoms with van der Waals surface area (Å²) in [5, 5.41) is 10.2. The summed E-state index contributed by atoms with van der Waals surface area (Å²) >= 11 is 0. The number of carbonyl (C=O) groups is 2. The van der Waals surface area contributed by atoms with Crippen molar-refractivity contribution >= 4 is 23.5 Å². The maximum absolute atomic E-state index is 12.3. The smallest absolute Gasteiger partial charge is 0.407 e. The van der Waals surface area contributed by atoms with Gasteiger partial charge in [0.15, 0.2) is 0 Å². The van der Waals surface area contributed by atoms with E-state index in [1.165, 1.54) is 17.0 Å². The maximum Gasteiger partial charge on any atom is 0.573 e. The summed E-state index contributed by atoms with van der Waals surface area (Å²) in [5.41, 5.74) is -0.218. The van der Waals surface area contributed by atoms with Gasteiger partial charge in [0.2, 0.25) is 17.7 Å². The largest absolute Gasteiger partial charge is 0.573 e. The monoisotopic (exact) mass is 412 g/mol. The molecule has 1 aromatic heterocycles. The Morgan fingerprint density at radius 1 is 1.21 bits per heavy atom. The molecule has 1 saturated heterocycles. The number of nitrogens with zero attached hydrogens (tertiary/aromatic N) is 3. The minimum absolute atomic E-state index is 0.0560. The standard InChI is InChI=1S/C18H19F3N4O4/c1-17(2,3)15(27)22-16-24-23-14(28-16)10-8-13(26)25(9-10)11-4-6-12(7-5-11)29-18(19,20)21/h4-7,10H,8-9H2,1-3H3,(H,22,24,27)/t10-/m0/s1. The first kappa shape index (κ1) is 20.6. The summed E-state index contributed by atoms with van der Waals surface area (Å²) in [5.74, 6) is -1.11. The quantitative estimate of drug-likeness (QED) is 0.826. The predicted molar refractivity (Wildman–Crippen MR) is 95.2 cm³/mol. The second-order valence-electron chi connectivity index (χ2n) is 7.60. The minimum Gasteiger partial charge on any atom is -0.407 e. The second kappa shape index (κ2) is 7.37. The number of ether oxygens (including phenoxy) is 1. The highest BCUT2D eigenvalue weighted by molar-refractivity contribution is 5.96. The first-order valence-electron chi connectivity index (χ1n) is 8.73. The van der Waals surface area contributed by atoms with Gasteiger partial charge in [0, 0.05) is 24.1 Å². The lowest BCUT2D eigenvalue weighted by Crippen LogP contribution is -2.27. The zero-order valence-corrected chi connectivity index (χ0v) is 15.9. The SMILES string of the molecule is CC(C)(C)C(=O)Nc1nnc([C@H]2CC(=O)N(c3ccc(OC(F)(F)F)cc3)C2)o1. The molecule has 1 aliphatic rings. The van der Waals surface area contributed by atoms with E-state index in [-0.39, 0.29) is 42.4 Å². The molecular formula is C18H19F3N4O4. The lowest BCUT2D eigenvalue weighted by atomic mass is 9.96. The lowest BCUT2D eigenvalue weighted by molar-refractivity contribution is -0.274. The summed E-state index contributed by atoms with van der Waals surface area (Å²) < 4.78 is 46.0. The Kier molecular flexibility index (Phi) is 5.24. The van der Waals surface area contributed by atoms with Crippen LogP contribution in [0.25, 0.3) is 0 Å². The number of amides is 2. The molecule has 0 unspecified atom stereocenters. The van der Waals surface area contributed by atoms with Crippen LogP contribution in [0, 0.1) is 5.41 Å². The number of hydrogen-bond donors (Lipinski definition) is 1. The zero-order valence-electron chi connectivity index (χ0n) is 15.9. The fourth-order valence-electron chi connectivity index (χ4n) is 2.68. The van der Waals surface area contributed by atoms with Gasteiger partial charge in [-0.2, -0.15) is 0 Å². The van der Waals surface area contributed by atoms with E-state index in [1.807, 2.05) is 0 Å². The molecule has 2 aromatic rings. The number of anilines is 2. The van der Waals surface area contributed by atoms with Crippen LogP contribution in [0.4, 0.5) is 24.9 Å². The third-order valence-corrected chi connectivity index (χ3v) is 4.20. The van der Waals surface area contributed by atoms with Crippen molar-refractivity contribution in [2.75, 3.05) is 16.8 Å². The Labute approximate surface area is 164 Å². The van der Waals surface area contributed by atoms with Crippen LogP contribution in [-0.2, 0) is 9.59 Å². The zero-order chi connectivity index (χ0) is 21.4. The molecular weight excluding hydrogens is 393 g/mol. The molecule has 8 nitrogen and oxygen atoms in total. The highest BCUT2D eigenvalue weighted by Crippen LogP contribution is 2.33. The fraction of sp³-hybridized carbons (Fsp3) is 0.444. The van der Waals surface area contributed by atoms with Crippen LogP contribution in [0.15, 0.2) is 28.7 Å². The fourth-order valence-corrected chi connectivity index (χ4v) is 2.68. The summed E-state index contributed by atoms with van der Waals surface area (Å²) in [6.45, 7) is 5.42. The number of hydrogen-bond acceptors (Lipinski definition) is 6. The number of nitrogens with one attached hydrogen (secondary N) is 1. The topological polar surface area (TPSA) is 97.6 Å². The van der Waals surface area contributed by atoms with Gasteiger partial charge in [-0.3, -0.25) is 14.9 Å². The van der Waals surface area contributed by atoms with Gasteiger partial charge < -0.3 is 14.1 Å². The molecule has 0 radical (unpaired) electrons. The Morgan fingerprint density at radius 2 is 1.86 bits per heavy atom. The third-order valence-electron chi connectivity index (χ3n) is 4.20. The number of alkyl halides is 3. The van der Waals surface area contributed by atoms with Gasteiger partial charge in [0.1, 0.15) is 5.75 Å². The Hall–Kier alpha value is -3.11. The van der Waals surface area contributed by atoms with Gasteiger partial charge in [0.05, 0.1) is 5.92 Å². The van der Waals surface area contributed by atoms with E-state index in [4.69, 9.17) is 4.42 Å². The van der Waals surface area contributed by atoms with Crippen LogP contribution in [0.5, 0.6) is 5.75 Å². The highest BCUT2D eigenvalue weighted by Gasteiger charge is 2.36. The molecule has 1 atom stereocenters. The third kappa shape index (κ3) is 5.04. The van der Waals surface area contributed by atoms with E-state index in [1.54, 1.807) is 20.8 Å². The lowest BCUT2D eigenvalue weighted by Gasteiger charge is -2.17. The van der Waals surface area contributed by atoms with Crippen LogP contribution >= 0.6 is 0 Å². The van der Waals surface area contributed by atoms with E-state index in [2.05, 4.69) is 20.3 Å². The molecule has 0 spiro atoms. The molecule has 0 bridgehead atoms. The summed E-state index contributed by atoms with van der Waals surface area (Å²) in [6, 6.07) is 4.94. The van der Waals surface area contributed by atoms with E-state index in [0.717, 1.165) is 12.1 Å². The summed E-state index contributed by atoms with van der Waals surface area (Å²) in [7, 11) is 0. The number of rotatable bonds is 4. The van der Waals surface area contributed by atoms with Crippen molar-refractivity contribution in [3.8, 4) is 5.75 Å². The van der Waals surface area contributed by atoms with Gasteiger partial charge in [-0.05, 0) is 24.3 Å². The van der Waals surface area contributed by atoms with Crippen molar-refractivity contribution in [2.45, 2.75) is 39.5 Å². The van der Waals surface area contributed by atoms with Gasteiger partial charge >= 0.3 is 12.4 Å². The number of halogens is 3. The minimum atomic E-state index is -4.78. The molecule has 1 aromatic carbocycles. The first-order valence-corrected chi connectivity index (χ1v) is 8.73. The van der Waals surface area contributed by atoms with Crippen LogP contribution in [0.1, 0.15) is 39.0 Å². The Morgan fingerprint density at radius 3 is 2.45 bits per heavy atom. The normalized spacial score (nSPS) is 17.5. The molecule has 0 aliphatic carbocycles. The Bertz CT molecular complexity index is 903. The molecule has 29 heavy (non-hydrogen) atoms. The van der Waals surface area contributed by atoms with E-state index in [9.17, 15) is 22.8 Å². The van der Waals surface area contributed by atoms with Crippen molar-refractivity contribution in [3.63, 3.8) is 0 Å². The molecule has 1 aliphatic heterocycles. The molecule has 11 heteroatoms. The molecule has 0 saturated carbocycles. The molecule has 2 heterocycles. The number of aromatic nitrogens is 2. The van der Waals surface area contributed by atoms with Gasteiger partial charge in [-0.1, -0.05) is 25.9 Å². The molecule has 156 valence electrons. The highest BCUT2D eigenvalue weighted by atomic mass is 19.4. The Balaban J connectivity index is 1.67. The van der Waals surface area contributed by atoms with E-state index < -0.39 is 17.7 Å². The van der Waals surface area contributed by atoms with Gasteiger partial charge in [0.25, 0.3) is 0 Å². The van der Waals surface area contributed by atoms with Crippen molar-refractivity contribution in [1.29, 1.82) is 0 Å². The van der Waals surface area contributed by atoms with Gasteiger partial charge in [-0.25, -0.2) is 0 Å². The molecule has 3 rings (SSSR count). The van der Waals surface area contributed by atoms with Crippen LogP contribution in [0.2, 0.25) is 0 Å². The van der Waals surface area contributed by atoms with Crippen molar-refractivity contribution in [2.24, 2.45) is 5.41 Å². The van der Waals surface area contributed by atoms with Crippen molar-refractivity contribution in [1.82, 2.24) is 10.2 Å². The number of carbonyl (C=O) groups excluding carboxylic acids is 2. The molecule has 1 N–H and O–H groups in total. The second-order valence-corrected chi connectivity index (χ2v) is 7.60. The molecule has 2 amide bonds. The van der Waals surface area contributed by atoms with Crippen molar-refractivity contribution < 1.29 is 31.9 Å². The van der Waals surface area contributed by atoms with Crippen LogP contribution in [-0.4, -0.2) is 34.9 Å². The number of benzene rings is 1. The summed E-state index contributed by atoms with van der Waals surface area (Å²) in [6.07, 6.45) is -4.69. The summed E-state index contributed by atoms with van der Waals surface area (Å²) in [4.78, 5) is 25.7. The maximum atomic E-state index is 12.3. The average Bonchev–Trinajstić information content (AvgIpc) is 3.20. The first-order chi connectivity index (χ1) is 13.4. The van der Waals surface area contributed by atoms with E-state index in [0.29, 0.717) is 5.69 Å². The van der Waals surface area contributed by atoms with Crippen LogP contribution in [0.3, 0.4) is 0 Å². The predicted octanol–water partition coefficient (Wildman–Crippen LogP) is 3.47. The van der Waals surface area contributed by atoms with Crippen LogP contribution < -0.4 is 15.0 Å². The molecule has 1 fully saturated rings. The van der Waals surface area contributed by atoms with Gasteiger partial charge in [-0.15, -0.1) is 18.3 Å². The average molecular weight is 412 g/mol. The van der Waals surface area contributed by atoms with E-state index >= 15 is 0 Å². The van der Waals surface area contributed by atoms with Crippen molar-refractivity contribution in [3.05, 3.63) is 30.2 Å².